The van der Waals surface area contributed by atoms with Gasteiger partial charge >= 0.3 is 0 Å². The first-order chi connectivity index (χ1) is 9.15. The van der Waals surface area contributed by atoms with Crippen molar-refractivity contribution < 1.29 is 0 Å². The molecule has 0 amide bonds. The highest BCUT2D eigenvalue weighted by atomic mass is 35.5. The van der Waals surface area contributed by atoms with Gasteiger partial charge in [-0.1, -0.05) is 23.2 Å². The molecule has 3 N–H and O–H groups in total. The van der Waals surface area contributed by atoms with E-state index in [-0.39, 0.29) is 0 Å². The molecule has 2 aliphatic rings. The maximum absolute atomic E-state index is 6.28. The largest absolute Gasteiger partial charge is 0.379 e. The molecule has 3 rings (SSSR count). The standard InChI is InChI=1S/C12H14Cl2N4S/c13-8-5-9(14)11-12(18-19-17-11)10(8)16-7-3-1-6(15)2-4-7/h5-7,16H,1-4,15H2. The lowest BCUT2D eigenvalue weighted by Crippen LogP contribution is -2.32. The van der Waals surface area contributed by atoms with E-state index < -0.39 is 0 Å². The van der Waals surface area contributed by atoms with Crippen LogP contribution in [-0.4, -0.2) is 12.1 Å². The van der Waals surface area contributed by atoms with Crippen molar-refractivity contribution in [2.24, 2.45) is 14.5 Å². The second-order valence-electron chi connectivity index (χ2n) is 4.93. The number of anilines is 1. The van der Waals surface area contributed by atoms with Gasteiger partial charge in [0.15, 0.2) is 0 Å². The Bertz CT molecular complexity index is 576. The SMILES string of the molecule is NC1CCC(Nc2c(Cl)cc(Cl)c3c2N=S=N3)CC1. The number of hydrogen-bond donors (Lipinski definition) is 2. The quantitative estimate of drug-likeness (QED) is 0.862. The minimum atomic E-state index is 0.333. The molecule has 7 heteroatoms. The van der Waals surface area contributed by atoms with Gasteiger partial charge < -0.3 is 11.1 Å². The van der Waals surface area contributed by atoms with Crippen LogP contribution in [0.2, 0.25) is 10.0 Å². The lowest BCUT2D eigenvalue weighted by Gasteiger charge is -2.28. The second kappa shape index (κ2) is 5.40. The molecule has 102 valence electrons. The van der Waals surface area contributed by atoms with E-state index in [2.05, 4.69) is 14.0 Å². The van der Waals surface area contributed by atoms with Gasteiger partial charge in [-0.05, 0) is 31.7 Å². The molecule has 1 aliphatic heterocycles. The summed E-state index contributed by atoms with van der Waals surface area (Å²) in [5.74, 6) is 0. The van der Waals surface area contributed by atoms with Gasteiger partial charge in [-0.2, -0.15) is 8.73 Å². The Kier molecular flexibility index (Phi) is 3.80. The molecular formula is C12H14Cl2N4S. The average molecular weight is 317 g/mol. The number of benzene rings is 1. The molecule has 0 unspecified atom stereocenters. The van der Waals surface area contributed by atoms with Crippen LogP contribution in [0.15, 0.2) is 14.8 Å². The first kappa shape index (κ1) is 13.4. The van der Waals surface area contributed by atoms with Crippen molar-refractivity contribution in [2.75, 3.05) is 5.32 Å². The molecule has 0 spiro atoms. The van der Waals surface area contributed by atoms with Gasteiger partial charge in [0, 0.05) is 12.1 Å². The Morgan fingerprint density at radius 3 is 2.53 bits per heavy atom. The lowest BCUT2D eigenvalue weighted by atomic mass is 9.91. The predicted octanol–water partition coefficient (Wildman–Crippen LogP) is 4.40. The molecule has 0 atom stereocenters. The summed E-state index contributed by atoms with van der Waals surface area (Å²) in [4.78, 5) is 0. The Labute approximate surface area is 125 Å². The fraction of sp³-hybridized carbons (Fsp3) is 0.500. The van der Waals surface area contributed by atoms with Crippen molar-refractivity contribution >= 4 is 51.6 Å². The summed E-state index contributed by atoms with van der Waals surface area (Å²) < 4.78 is 8.50. The molecule has 1 heterocycles. The highest BCUT2D eigenvalue weighted by Crippen LogP contribution is 2.48. The van der Waals surface area contributed by atoms with Crippen LogP contribution >= 0.6 is 23.2 Å². The third-order valence-corrected chi connectivity index (χ3v) is 4.68. The van der Waals surface area contributed by atoms with E-state index in [1.807, 2.05) is 0 Å². The molecule has 1 aromatic rings. The van der Waals surface area contributed by atoms with E-state index in [0.717, 1.165) is 48.4 Å². The number of nitrogens with two attached hydrogens (primary N) is 1. The van der Waals surface area contributed by atoms with E-state index in [1.54, 1.807) is 6.07 Å². The fourth-order valence-corrected chi connectivity index (χ4v) is 3.65. The fourth-order valence-electron chi connectivity index (χ4n) is 2.48. The van der Waals surface area contributed by atoms with Crippen LogP contribution in [0.1, 0.15) is 25.7 Å². The van der Waals surface area contributed by atoms with Crippen LogP contribution in [0.3, 0.4) is 0 Å². The molecule has 1 saturated carbocycles. The Hall–Kier alpha value is -0.620. The predicted molar refractivity (Wildman–Crippen MR) is 81.9 cm³/mol. The summed E-state index contributed by atoms with van der Waals surface area (Å²) in [5.41, 5.74) is 8.24. The Morgan fingerprint density at radius 1 is 1.11 bits per heavy atom. The maximum atomic E-state index is 6.28. The zero-order chi connectivity index (χ0) is 13.4. The molecule has 1 aromatic carbocycles. The number of hydrogen-bond acceptors (Lipinski definition) is 4. The lowest BCUT2D eigenvalue weighted by molar-refractivity contribution is 0.411. The third-order valence-electron chi connectivity index (χ3n) is 3.56. The van der Waals surface area contributed by atoms with E-state index >= 15 is 0 Å². The maximum Gasteiger partial charge on any atom is 0.130 e. The smallest absolute Gasteiger partial charge is 0.130 e. The van der Waals surface area contributed by atoms with Crippen molar-refractivity contribution in [3.05, 3.63) is 16.1 Å². The zero-order valence-corrected chi connectivity index (χ0v) is 12.5. The van der Waals surface area contributed by atoms with E-state index in [1.165, 1.54) is 0 Å². The summed E-state index contributed by atoms with van der Waals surface area (Å²) in [6.45, 7) is 0. The van der Waals surface area contributed by atoms with Crippen molar-refractivity contribution in [1.29, 1.82) is 0 Å². The van der Waals surface area contributed by atoms with Gasteiger partial charge in [-0.3, -0.25) is 0 Å². The highest BCUT2D eigenvalue weighted by molar-refractivity contribution is 7.58. The topological polar surface area (TPSA) is 62.8 Å². The highest BCUT2D eigenvalue weighted by Gasteiger charge is 2.23. The van der Waals surface area contributed by atoms with Crippen LogP contribution in [0.25, 0.3) is 0 Å². The van der Waals surface area contributed by atoms with Gasteiger partial charge in [0.2, 0.25) is 0 Å². The summed E-state index contributed by atoms with van der Waals surface area (Å²) >= 11 is 13.5. The number of rotatable bonds is 2. The van der Waals surface area contributed by atoms with Gasteiger partial charge in [0.05, 0.1) is 27.1 Å². The van der Waals surface area contributed by atoms with Crippen LogP contribution in [-0.2, 0) is 11.4 Å². The van der Waals surface area contributed by atoms with Gasteiger partial charge in [-0.15, -0.1) is 0 Å². The molecule has 19 heavy (non-hydrogen) atoms. The van der Waals surface area contributed by atoms with Gasteiger partial charge in [-0.25, -0.2) is 0 Å². The Balaban J connectivity index is 1.86. The van der Waals surface area contributed by atoms with Crippen LogP contribution in [0.4, 0.5) is 17.1 Å². The summed E-state index contributed by atoms with van der Waals surface area (Å²) in [7, 11) is 0. The van der Waals surface area contributed by atoms with Crippen molar-refractivity contribution in [3.8, 4) is 0 Å². The molecule has 0 radical (unpaired) electrons. The number of nitrogens with one attached hydrogen (secondary N) is 1. The van der Waals surface area contributed by atoms with Crippen LogP contribution in [0, 0.1) is 0 Å². The molecule has 4 nitrogen and oxygen atoms in total. The molecule has 1 fully saturated rings. The molecule has 1 aliphatic carbocycles. The van der Waals surface area contributed by atoms with Crippen molar-refractivity contribution in [2.45, 2.75) is 37.8 Å². The van der Waals surface area contributed by atoms with E-state index in [9.17, 15) is 0 Å². The van der Waals surface area contributed by atoms with Crippen LogP contribution in [0.5, 0.6) is 0 Å². The minimum Gasteiger partial charge on any atom is -0.379 e. The monoisotopic (exact) mass is 316 g/mol. The number of nitrogens with zero attached hydrogens (tertiary/aromatic N) is 2. The summed E-state index contributed by atoms with van der Waals surface area (Å²) in [6, 6.07) is 2.45. The van der Waals surface area contributed by atoms with E-state index in [0.29, 0.717) is 27.8 Å². The first-order valence-electron chi connectivity index (χ1n) is 6.27. The number of fused-ring (bicyclic) bond motifs is 1. The molecular weight excluding hydrogens is 303 g/mol. The second-order valence-corrected chi connectivity index (χ2v) is 6.28. The first-order valence-corrected chi connectivity index (χ1v) is 7.76. The Morgan fingerprint density at radius 2 is 1.79 bits per heavy atom. The van der Waals surface area contributed by atoms with Gasteiger partial charge in [0.25, 0.3) is 0 Å². The molecule has 0 saturated heterocycles. The van der Waals surface area contributed by atoms with Crippen molar-refractivity contribution in [1.82, 2.24) is 0 Å². The molecule has 0 aromatic heterocycles. The normalized spacial score (nSPS) is 25.0. The summed E-state index contributed by atoms with van der Waals surface area (Å²) in [6.07, 6.45) is 4.20. The van der Waals surface area contributed by atoms with Crippen LogP contribution < -0.4 is 11.1 Å². The van der Waals surface area contributed by atoms with Crippen molar-refractivity contribution in [3.63, 3.8) is 0 Å². The number of halogens is 2. The average Bonchev–Trinajstić information content (AvgIpc) is 2.86. The van der Waals surface area contributed by atoms with E-state index in [4.69, 9.17) is 28.9 Å². The zero-order valence-electron chi connectivity index (χ0n) is 10.2. The third kappa shape index (κ3) is 2.65. The molecule has 0 bridgehead atoms. The van der Waals surface area contributed by atoms with Gasteiger partial charge in [0.1, 0.15) is 11.4 Å². The minimum absolute atomic E-state index is 0.333. The summed E-state index contributed by atoms with van der Waals surface area (Å²) in [5, 5.41) is 4.63.